The number of hydrogen-bond donors (Lipinski definition) is 2. The van der Waals surface area contributed by atoms with Crippen LogP contribution in [0.2, 0.25) is 0 Å². The van der Waals surface area contributed by atoms with E-state index >= 15 is 0 Å². The van der Waals surface area contributed by atoms with Gasteiger partial charge in [0, 0.05) is 41.4 Å². The van der Waals surface area contributed by atoms with E-state index in [-0.39, 0.29) is 18.1 Å². The number of benzene rings is 1. The average Bonchev–Trinajstić information content (AvgIpc) is 3.63. The number of pyridine rings is 1. The van der Waals surface area contributed by atoms with Crippen molar-refractivity contribution in [2.45, 2.75) is 25.5 Å². The van der Waals surface area contributed by atoms with Crippen LogP contribution in [0.25, 0.3) is 22.4 Å². The molecule has 0 saturated heterocycles. The zero-order chi connectivity index (χ0) is 24.2. The van der Waals surface area contributed by atoms with Crippen LogP contribution in [0.4, 0.5) is 14.7 Å². The van der Waals surface area contributed by atoms with E-state index in [4.69, 9.17) is 4.74 Å². The van der Waals surface area contributed by atoms with Crippen LogP contribution in [0, 0.1) is 5.82 Å². The van der Waals surface area contributed by atoms with Crippen molar-refractivity contribution in [1.29, 1.82) is 0 Å². The number of nitrogens with one attached hydrogen (secondary N) is 1. The quantitative estimate of drug-likeness (QED) is 0.383. The third kappa shape index (κ3) is 3.36. The molecule has 10 nitrogen and oxygen atoms in total. The fourth-order valence-electron chi connectivity index (χ4n) is 4.41. The molecule has 6 rings (SSSR count). The summed E-state index contributed by atoms with van der Waals surface area (Å²) in [5, 5.41) is 26.0. The zero-order valence-corrected chi connectivity index (χ0v) is 18.6. The molecule has 0 unspecified atom stereocenters. The maximum absolute atomic E-state index is 14.5. The normalized spacial score (nSPS) is 14.7. The van der Waals surface area contributed by atoms with Gasteiger partial charge in [-0.3, -0.25) is 4.40 Å². The van der Waals surface area contributed by atoms with E-state index in [1.165, 1.54) is 30.2 Å². The first-order valence-corrected chi connectivity index (χ1v) is 11.0. The number of rotatable bonds is 6. The Morgan fingerprint density at radius 3 is 2.91 bits per heavy atom. The van der Waals surface area contributed by atoms with Crippen molar-refractivity contribution < 1.29 is 18.6 Å². The van der Waals surface area contributed by atoms with Gasteiger partial charge in [-0.15, -0.1) is 10.2 Å². The van der Waals surface area contributed by atoms with E-state index in [2.05, 4.69) is 30.6 Å². The van der Waals surface area contributed by atoms with Gasteiger partial charge in [-0.25, -0.2) is 23.3 Å². The lowest BCUT2D eigenvalue weighted by Crippen LogP contribution is -2.27. The number of aromatic nitrogens is 7. The lowest BCUT2D eigenvalue weighted by Gasteiger charge is -2.21. The van der Waals surface area contributed by atoms with Crippen molar-refractivity contribution in [2.24, 2.45) is 0 Å². The van der Waals surface area contributed by atoms with Gasteiger partial charge in [0.2, 0.25) is 5.95 Å². The Morgan fingerprint density at radius 1 is 1.17 bits per heavy atom. The summed E-state index contributed by atoms with van der Waals surface area (Å²) < 4.78 is 36.6. The number of alkyl halides is 1. The molecule has 0 saturated carbocycles. The van der Waals surface area contributed by atoms with E-state index in [1.54, 1.807) is 28.8 Å². The van der Waals surface area contributed by atoms with Gasteiger partial charge in [0.1, 0.15) is 36.5 Å². The summed E-state index contributed by atoms with van der Waals surface area (Å²) in [6.45, 7) is 1.14. The van der Waals surface area contributed by atoms with Gasteiger partial charge in [-0.2, -0.15) is 5.10 Å². The second kappa shape index (κ2) is 7.94. The van der Waals surface area contributed by atoms with Crippen molar-refractivity contribution in [2.75, 3.05) is 18.6 Å². The van der Waals surface area contributed by atoms with Gasteiger partial charge < -0.3 is 15.2 Å². The minimum absolute atomic E-state index is 0.208. The van der Waals surface area contributed by atoms with Gasteiger partial charge in [-0.05, 0) is 31.2 Å². The first kappa shape index (κ1) is 21.4. The monoisotopic (exact) mass is 478 g/mol. The minimum Gasteiger partial charge on any atom is -0.493 e. The van der Waals surface area contributed by atoms with Crippen molar-refractivity contribution in [3.8, 4) is 16.9 Å². The van der Waals surface area contributed by atoms with Crippen LogP contribution in [0.15, 0.2) is 43.1 Å². The molecule has 1 aromatic carbocycles. The molecule has 35 heavy (non-hydrogen) atoms. The summed E-state index contributed by atoms with van der Waals surface area (Å²) >= 11 is 0. The van der Waals surface area contributed by atoms with E-state index < -0.39 is 12.3 Å². The van der Waals surface area contributed by atoms with E-state index in [0.717, 1.165) is 5.56 Å². The van der Waals surface area contributed by atoms with Gasteiger partial charge >= 0.3 is 0 Å². The fourth-order valence-corrected chi connectivity index (χ4v) is 4.41. The molecule has 1 aliphatic rings. The molecule has 0 radical (unpaired) electrons. The number of anilines is 1. The molecule has 4 aromatic heterocycles. The van der Waals surface area contributed by atoms with E-state index in [9.17, 15) is 13.9 Å². The predicted molar refractivity (Wildman–Crippen MR) is 121 cm³/mol. The molecule has 5 aromatic rings. The summed E-state index contributed by atoms with van der Waals surface area (Å²) in [6, 6.07) is 6.36. The number of hydrogen-bond acceptors (Lipinski definition) is 8. The predicted octanol–water partition coefficient (Wildman–Crippen LogP) is 2.70. The lowest BCUT2D eigenvalue weighted by molar-refractivity contribution is 0.0239. The number of fused-ring (bicyclic) bond motifs is 3. The largest absolute Gasteiger partial charge is 0.493 e. The van der Waals surface area contributed by atoms with Gasteiger partial charge in [0.05, 0.1) is 12.3 Å². The number of ether oxygens (including phenoxy) is 1. The summed E-state index contributed by atoms with van der Waals surface area (Å²) in [5.41, 5.74) is 2.06. The standard InChI is InChI=1S/C23H20F2N8O2/c1-23(34,10-24)19-5-2-14(20-28-11-30-33(19)20)16-9-27-22(32-12-29-31-21(16)32)26-8-15-13-6-7-35-18(13)4-3-17(15)25/h2-5,9,11-12,34H,6-8,10H2,1H3,(H,26,27)/t23-/m0/s1. The average molecular weight is 478 g/mol. The minimum atomic E-state index is -1.72. The molecule has 0 amide bonds. The van der Waals surface area contributed by atoms with E-state index in [0.29, 0.717) is 52.7 Å². The zero-order valence-electron chi connectivity index (χ0n) is 18.6. The molecule has 2 N–H and O–H groups in total. The van der Waals surface area contributed by atoms with Crippen molar-refractivity contribution >= 4 is 17.2 Å². The summed E-state index contributed by atoms with van der Waals surface area (Å²) in [4.78, 5) is 8.82. The Kier molecular flexibility index (Phi) is 4.85. The molecule has 0 fully saturated rings. The molecular formula is C23H20F2N8O2. The summed E-state index contributed by atoms with van der Waals surface area (Å²) in [6.07, 6.45) is 5.10. The van der Waals surface area contributed by atoms with E-state index in [1.807, 2.05) is 0 Å². The molecule has 0 bridgehead atoms. The first-order chi connectivity index (χ1) is 17.0. The van der Waals surface area contributed by atoms with Gasteiger partial charge in [-0.1, -0.05) is 0 Å². The molecule has 1 atom stereocenters. The van der Waals surface area contributed by atoms with Crippen molar-refractivity contribution in [1.82, 2.24) is 34.2 Å². The highest BCUT2D eigenvalue weighted by molar-refractivity contribution is 5.86. The highest BCUT2D eigenvalue weighted by atomic mass is 19.1. The van der Waals surface area contributed by atoms with Crippen LogP contribution in [0.1, 0.15) is 23.7 Å². The number of nitrogens with zero attached hydrogens (tertiary/aromatic N) is 7. The van der Waals surface area contributed by atoms with Crippen LogP contribution in [0.5, 0.6) is 5.75 Å². The highest BCUT2D eigenvalue weighted by Crippen LogP contribution is 2.32. The van der Waals surface area contributed by atoms with Gasteiger partial charge in [0.15, 0.2) is 11.3 Å². The molecule has 0 aliphatic carbocycles. The third-order valence-corrected chi connectivity index (χ3v) is 6.22. The summed E-state index contributed by atoms with van der Waals surface area (Å²) in [7, 11) is 0. The number of halogens is 2. The third-order valence-electron chi connectivity index (χ3n) is 6.22. The molecular weight excluding hydrogens is 458 g/mol. The first-order valence-electron chi connectivity index (χ1n) is 11.0. The molecule has 0 spiro atoms. The number of aliphatic hydroxyl groups is 1. The Bertz CT molecular complexity index is 1580. The smallest absolute Gasteiger partial charge is 0.210 e. The topological polar surface area (TPSA) is 115 Å². The molecule has 178 valence electrons. The van der Waals surface area contributed by atoms with Crippen molar-refractivity contribution in [3.63, 3.8) is 0 Å². The summed E-state index contributed by atoms with van der Waals surface area (Å²) in [5.74, 6) is 0.824. The van der Waals surface area contributed by atoms with Crippen LogP contribution in [-0.2, 0) is 18.6 Å². The molecule has 5 heterocycles. The van der Waals surface area contributed by atoms with Crippen LogP contribution in [0.3, 0.4) is 0 Å². The Hall–Kier alpha value is -4.19. The van der Waals surface area contributed by atoms with Crippen molar-refractivity contribution in [3.05, 3.63) is 65.8 Å². The maximum Gasteiger partial charge on any atom is 0.210 e. The SMILES string of the molecule is C[C@](O)(CF)c1ccc(-c2cnc(NCc3c(F)ccc4c3CCO4)n3cnnc23)c2ncnn12. The van der Waals surface area contributed by atoms with Gasteiger partial charge in [0.25, 0.3) is 0 Å². The lowest BCUT2D eigenvalue weighted by atomic mass is 10.0. The fraction of sp³-hybridized carbons (Fsp3) is 0.261. The Labute approximate surface area is 197 Å². The second-order valence-electron chi connectivity index (χ2n) is 8.51. The Balaban J connectivity index is 1.39. The highest BCUT2D eigenvalue weighted by Gasteiger charge is 2.28. The van der Waals surface area contributed by atoms with Crippen LogP contribution in [-0.4, -0.2) is 52.6 Å². The molecule has 12 heteroatoms. The van der Waals surface area contributed by atoms with Crippen LogP contribution < -0.4 is 10.1 Å². The molecule has 1 aliphatic heterocycles. The second-order valence-corrected chi connectivity index (χ2v) is 8.51. The Morgan fingerprint density at radius 2 is 2.06 bits per heavy atom. The van der Waals surface area contributed by atoms with Crippen LogP contribution >= 0.6 is 0 Å². The maximum atomic E-state index is 14.5.